The summed E-state index contributed by atoms with van der Waals surface area (Å²) in [5, 5.41) is -0.324. The van der Waals surface area contributed by atoms with Crippen LogP contribution in [-0.2, 0) is 0 Å². The standard InChI is InChI=1S/C7H4ClF2IO/c1-12-4-2-3(11)6(9)7(10)5(4)8/h2H,1H3. The van der Waals surface area contributed by atoms with E-state index < -0.39 is 11.6 Å². The molecule has 1 aromatic carbocycles. The molecule has 0 bridgehead atoms. The summed E-state index contributed by atoms with van der Waals surface area (Å²) in [6.45, 7) is 0. The van der Waals surface area contributed by atoms with Gasteiger partial charge in [-0.05, 0) is 28.7 Å². The molecule has 1 aromatic rings. The van der Waals surface area contributed by atoms with Crippen molar-refractivity contribution in [2.45, 2.75) is 0 Å². The number of ether oxygens (including phenoxy) is 1. The lowest BCUT2D eigenvalue weighted by molar-refractivity contribution is 0.405. The van der Waals surface area contributed by atoms with Crippen LogP contribution in [0, 0.1) is 15.2 Å². The molecule has 0 heterocycles. The lowest BCUT2D eigenvalue weighted by Gasteiger charge is -2.05. The van der Waals surface area contributed by atoms with Crippen LogP contribution in [0.1, 0.15) is 0 Å². The van der Waals surface area contributed by atoms with Gasteiger partial charge in [-0.15, -0.1) is 0 Å². The summed E-state index contributed by atoms with van der Waals surface area (Å²) in [6, 6.07) is 1.33. The molecule has 0 saturated heterocycles. The monoisotopic (exact) mass is 304 g/mol. The predicted molar refractivity (Wildman–Crippen MR) is 50.6 cm³/mol. The van der Waals surface area contributed by atoms with E-state index in [0.29, 0.717) is 0 Å². The average molecular weight is 304 g/mol. The van der Waals surface area contributed by atoms with Crippen LogP contribution in [0.25, 0.3) is 0 Å². The molecule has 0 radical (unpaired) electrons. The first-order chi connectivity index (χ1) is 5.57. The minimum Gasteiger partial charge on any atom is -0.495 e. The first-order valence-corrected chi connectivity index (χ1v) is 4.40. The zero-order valence-corrected chi connectivity index (χ0v) is 8.91. The van der Waals surface area contributed by atoms with Gasteiger partial charge in [0.25, 0.3) is 0 Å². The Morgan fingerprint density at radius 3 is 2.50 bits per heavy atom. The van der Waals surface area contributed by atoms with Gasteiger partial charge in [0.2, 0.25) is 0 Å². The van der Waals surface area contributed by atoms with Gasteiger partial charge in [-0.3, -0.25) is 0 Å². The van der Waals surface area contributed by atoms with Gasteiger partial charge in [0.05, 0.1) is 10.7 Å². The third kappa shape index (κ3) is 1.64. The Balaban J connectivity index is 3.39. The fourth-order valence-corrected chi connectivity index (χ4v) is 1.43. The molecule has 0 atom stereocenters. The Hall–Kier alpha value is -0.100. The molecule has 12 heavy (non-hydrogen) atoms. The quantitative estimate of drug-likeness (QED) is 0.440. The van der Waals surface area contributed by atoms with Gasteiger partial charge in [-0.25, -0.2) is 8.78 Å². The summed E-state index contributed by atoms with van der Waals surface area (Å²) >= 11 is 7.09. The van der Waals surface area contributed by atoms with Crippen molar-refractivity contribution in [2.24, 2.45) is 0 Å². The average Bonchev–Trinajstić information content (AvgIpc) is 2.08. The molecule has 1 rings (SSSR count). The molecule has 0 saturated carbocycles. The minimum atomic E-state index is -1.07. The topological polar surface area (TPSA) is 9.23 Å². The highest BCUT2D eigenvalue weighted by molar-refractivity contribution is 14.1. The Kier molecular flexibility index (Phi) is 3.11. The second-order valence-corrected chi connectivity index (χ2v) is 3.54. The van der Waals surface area contributed by atoms with E-state index >= 15 is 0 Å². The Bertz CT molecular complexity index is 317. The van der Waals surface area contributed by atoms with Crippen molar-refractivity contribution in [1.29, 1.82) is 0 Å². The molecule has 1 nitrogen and oxygen atoms in total. The van der Waals surface area contributed by atoms with Gasteiger partial charge < -0.3 is 4.74 Å². The highest BCUT2D eigenvalue weighted by Gasteiger charge is 2.15. The van der Waals surface area contributed by atoms with Crippen molar-refractivity contribution < 1.29 is 13.5 Å². The predicted octanol–water partition coefficient (Wildman–Crippen LogP) is 3.23. The number of benzene rings is 1. The Labute approximate surface area is 86.8 Å². The maximum atomic E-state index is 12.8. The van der Waals surface area contributed by atoms with Crippen LogP contribution in [0.15, 0.2) is 6.07 Å². The maximum absolute atomic E-state index is 12.8. The zero-order valence-electron chi connectivity index (χ0n) is 6.00. The molecular formula is C7H4ClF2IO. The number of rotatable bonds is 1. The molecule has 0 amide bonds. The number of halogens is 4. The minimum absolute atomic E-state index is 0.139. The first-order valence-electron chi connectivity index (χ1n) is 2.95. The van der Waals surface area contributed by atoms with E-state index in [9.17, 15) is 8.78 Å². The van der Waals surface area contributed by atoms with E-state index in [-0.39, 0.29) is 14.3 Å². The number of hydrogen-bond donors (Lipinski definition) is 0. The van der Waals surface area contributed by atoms with Crippen molar-refractivity contribution >= 4 is 34.2 Å². The second kappa shape index (κ2) is 3.74. The SMILES string of the molecule is COc1cc(I)c(F)c(F)c1Cl. The molecule has 0 fully saturated rings. The van der Waals surface area contributed by atoms with Crippen LogP contribution in [-0.4, -0.2) is 7.11 Å². The third-order valence-corrected chi connectivity index (χ3v) is 2.43. The van der Waals surface area contributed by atoms with Crippen LogP contribution in [0.4, 0.5) is 8.78 Å². The van der Waals surface area contributed by atoms with Gasteiger partial charge in [-0.1, -0.05) is 11.6 Å². The molecule has 0 aromatic heterocycles. The molecule has 0 aliphatic heterocycles. The van der Waals surface area contributed by atoms with Crippen LogP contribution in [0.5, 0.6) is 5.75 Å². The third-order valence-electron chi connectivity index (χ3n) is 1.29. The van der Waals surface area contributed by atoms with Crippen LogP contribution >= 0.6 is 34.2 Å². The largest absolute Gasteiger partial charge is 0.495 e. The number of methoxy groups -OCH3 is 1. The number of hydrogen-bond acceptors (Lipinski definition) is 1. The van der Waals surface area contributed by atoms with Crippen LogP contribution in [0.3, 0.4) is 0 Å². The van der Waals surface area contributed by atoms with Gasteiger partial charge in [-0.2, -0.15) is 0 Å². The van der Waals surface area contributed by atoms with Crippen molar-refractivity contribution in [2.75, 3.05) is 7.11 Å². The second-order valence-electron chi connectivity index (χ2n) is 2.00. The molecule has 5 heteroatoms. The van der Waals surface area contributed by atoms with Crippen LogP contribution in [0.2, 0.25) is 5.02 Å². The van der Waals surface area contributed by atoms with Gasteiger partial charge in [0, 0.05) is 0 Å². The summed E-state index contributed by atoms with van der Waals surface area (Å²) in [7, 11) is 1.34. The summed E-state index contributed by atoms with van der Waals surface area (Å²) < 4.78 is 30.5. The zero-order chi connectivity index (χ0) is 9.30. The van der Waals surface area contributed by atoms with Gasteiger partial charge >= 0.3 is 0 Å². The van der Waals surface area contributed by atoms with E-state index in [2.05, 4.69) is 0 Å². The molecule has 66 valence electrons. The van der Waals surface area contributed by atoms with Gasteiger partial charge in [0.15, 0.2) is 11.6 Å². The highest BCUT2D eigenvalue weighted by Crippen LogP contribution is 2.31. The first kappa shape index (κ1) is 9.98. The fraction of sp³-hybridized carbons (Fsp3) is 0.143. The lowest BCUT2D eigenvalue weighted by atomic mass is 10.3. The molecule has 0 N–H and O–H groups in total. The molecule has 0 spiro atoms. The van der Waals surface area contributed by atoms with Crippen molar-refractivity contribution in [3.8, 4) is 5.75 Å². The highest BCUT2D eigenvalue weighted by atomic mass is 127. The van der Waals surface area contributed by atoms with Crippen molar-refractivity contribution in [1.82, 2.24) is 0 Å². The molecule has 0 aliphatic carbocycles. The van der Waals surface area contributed by atoms with E-state index in [1.807, 2.05) is 0 Å². The van der Waals surface area contributed by atoms with E-state index in [1.165, 1.54) is 13.2 Å². The summed E-state index contributed by atoms with van der Waals surface area (Å²) in [4.78, 5) is 0. The molecule has 0 unspecified atom stereocenters. The fourth-order valence-electron chi connectivity index (χ4n) is 0.700. The van der Waals surface area contributed by atoms with E-state index in [4.69, 9.17) is 16.3 Å². The summed E-state index contributed by atoms with van der Waals surface area (Å²) in [6.07, 6.45) is 0. The lowest BCUT2D eigenvalue weighted by Crippen LogP contribution is -1.94. The Morgan fingerprint density at radius 1 is 1.42 bits per heavy atom. The normalized spacial score (nSPS) is 10.1. The molecular weight excluding hydrogens is 300 g/mol. The summed E-state index contributed by atoms with van der Waals surface area (Å²) in [5.41, 5.74) is 0. The van der Waals surface area contributed by atoms with Crippen molar-refractivity contribution in [3.05, 3.63) is 26.3 Å². The smallest absolute Gasteiger partial charge is 0.182 e. The van der Waals surface area contributed by atoms with E-state index in [0.717, 1.165) is 0 Å². The summed E-state index contributed by atoms with van der Waals surface area (Å²) in [5.74, 6) is -1.87. The van der Waals surface area contributed by atoms with E-state index in [1.54, 1.807) is 22.6 Å². The Morgan fingerprint density at radius 2 is 2.00 bits per heavy atom. The molecule has 0 aliphatic rings. The van der Waals surface area contributed by atoms with Crippen LogP contribution < -0.4 is 4.74 Å². The van der Waals surface area contributed by atoms with Crippen molar-refractivity contribution in [3.63, 3.8) is 0 Å². The van der Waals surface area contributed by atoms with Gasteiger partial charge in [0.1, 0.15) is 10.8 Å². The maximum Gasteiger partial charge on any atom is 0.182 e.